The van der Waals surface area contributed by atoms with E-state index in [9.17, 15) is 0 Å². The maximum absolute atomic E-state index is 2.24. The van der Waals surface area contributed by atoms with Crippen LogP contribution in [0.5, 0.6) is 0 Å². The molecule has 0 radical (unpaired) electrons. The number of rotatable bonds is 0. The van der Waals surface area contributed by atoms with Crippen LogP contribution in [0.4, 0.5) is 0 Å². The van der Waals surface area contributed by atoms with E-state index in [1.54, 1.807) is 0 Å². The Labute approximate surface area is 80.3 Å². The largest absolute Gasteiger partial charge is 0.0617 e. The van der Waals surface area contributed by atoms with Crippen LogP contribution in [0.3, 0.4) is 0 Å². The SMILES string of the molecule is C1=CC2=CC=CC(=C1)CCCCC2. The van der Waals surface area contributed by atoms with Gasteiger partial charge in [0.2, 0.25) is 0 Å². The van der Waals surface area contributed by atoms with Crippen molar-refractivity contribution < 1.29 is 0 Å². The third-order valence-electron chi connectivity index (χ3n) is 2.67. The zero-order chi connectivity index (χ0) is 8.93. The Morgan fingerprint density at radius 2 is 1.23 bits per heavy atom. The summed E-state index contributed by atoms with van der Waals surface area (Å²) < 4.78 is 0. The summed E-state index contributed by atoms with van der Waals surface area (Å²) >= 11 is 0. The molecule has 0 aromatic heterocycles. The van der Waals surface area contributed by atoms with E-state index in [4.69, 9.17) is 0 Å². The molecule has 2 bridgehead atoms. The van der Waals surface area contributed by atoms with Gasteiger partial charge in [-0.2, -0.15) is 0 Å². The lowest BCUT2D eigenvalue weighted by molar-refractivity contribution is 0.679. The zero-order valence-electron chi connectivity index (χ0n) is 8.00. The van der Waals surface area contributed by atoms with E-state index in [1.807, 2.05) is 0 Å². The van der Waals surface area contributed by atoms with Gasteiger partial charge >= 0.3 is 0 Å². The van der Waals surface area contributed by atoms with Crippen molar-refractivity contribution in [1.82, 2.24) is 0 Å². The number of allylic oxidation sites excluding steroid dienone is 8. The highest BCUT2D eigenvalue weighted by atomic mass is 14.1. The zero-order valence-corrected chi connectivity index (χ0v) is 8.00. The Balaban J connectivity index is 2.25. The van der Waals surface area contributed by atoms with E-state index in [0.717, 1.165) is 0 Å². The molecule has 0 N–H and O–H groups in total. The van der Waals surface area contributed by atoms with Gasteiger partial charge < -0.3 is 0 Å². The van der Waals surface area contributed by atoms with Crippen molar-refractivity contribution in [2.45, 2.75) is 32.1 Å². The molecule has 0 nitrogen and oxygen atoms in total. The molecular weight excluding hydrogens is 156 g/mol. The topological polar surface area (TPSA) is 0 Å². The molecule has 0 fully saturated rings. The first-order valence-corrected chi connectivity index (χ1v) is 5.20. The van der Waals surface area contributed by atoms with E-state index in [2.05, 4.69) is 36.5 Å². The maximum Gasteiger partial charge on any atom is -0.0279 e. The lowest BCUT2D eigenvalue weighted by atomic mass is 9.98. The summed E-state index contributed by atoms with van der Waals surface area (Å²) in [5.41, 5.74) is 2.93. The van der Waals surface area contributed by atoms with Gasteiger partial charge in [-0.3, -0.25) is 0 Å². The van der Waals surface area contributed by atoms with Gasteiger partial charge in [0.1, 0.15) is 0 Å². The molecule has 0 saturated carbocycles. The first-order chi connectivity index (χ1) is 6.45. The number of hydrogen-bond acceptors (Lipinski definition) is 0. The molecule has 0 heteroatoms. The van der Waals surface area contributed by atoms with E-state index in [1.165, 1.54) is 43.3 Å². The van der Waals surface area contributed by atoms with E-state index in [0.29, 0.717) is 0 Å². The Morgan fingerprint density at radius 1 is 0.692 bits per heavy atom. The molecule has 0 saturated heterocycles. The normalized spacial score (nSPS) is 22.2. The van der Waals surface area contributed by atoms with Gasteiger partial charge in [0, 0.05) is 0 Å². The first kappa shape index (κ1) is 8.55. The molecule has 0 aliphatic heterocycles. The monoisotopic (exact) mass is 172 g/mol. The molecule has 0 aromatic rings. The molecule has 68 valence electrons. The molecule has 0 spiro atoms. The second kappa shape index (κ2) is 4.27. The Hall–Kier alpha value is -1.04. The average molecular weight is 172 g/mol. The van der Waals surface area contributed by atoms with Crippen molar-refractivity contribution in [3.63, 3.8) is 0 Å². The summed E-state index contributed by atoms with van der Waals surface area (Å²) in [4.78, 5) is 0. The van der Waals surface area contributed by atoms with Crippen molar-refractivity contribution in [2.24, 2.45) is 0 Å². The second-order valence-corrected chi connectivity index (χ2v) is 3.76. The van der Waals surface area contributed by atoms with Gasteiger partial charge in [0.15, 0.2) is 0 Å². The molecule has 0 heterocycles. The Morgan fingerprint density at radius 3 is 1.77 bits per heavy atom. The molecule has 0 unspecified atom stereocenters. The summed E-state index contributed by atoms with van der Waals surface area (Å²) in [6.45, 7) is 0. The van der Waals surface area contributed by atoms with Crippen LogP contribution in [0, 0.1) is 0 Å². The van der Waals surface area contributed by atoms with Crippen LogP contribution in [0.1, 0.15) is 32.1 Å². The molecular formula is C13H16. The van der Waals surface area contributed by atoms with Crippen molar-refractivity contribution >= 4 is 0 Å². The van der Waals surface area contributed by atoms with Crippen molar-refractivity contribution in [2.75, 3.05) is 0 Å². The molecule has 3 aliphatic carbocycles. The summed E-state index contributed by atoms with van der Waals surface area (Å²) in [5, 5.41) is 0. The van der Waals surface area contributed by atoms with E-state index in [-0.39, 0.29) is 0 Å². The minimum absolute atomic E-state index is 1.24. The summed E-state index contributed by atoms with van der Waals surface area (Å²) in [6.07, 6.45) is 19.9. The van der Waals surface area contributed by atoms with Gasteiger partial charge in [0.05, 0.1) is 0 Å². The lowest BCUT2D eigenvalue weighted by Crippen LogP contribution is -1.88. The van der Waals surface area contributed by atoms with Crippen LogP contribution < -0.4 is 0 Å². The Kier molecular flexibility index (Phi) is 2.81. The fraction of sp³-hybridized carbons (Fsp3) is 0.385. The highest BCUT2D eigenvalue weighted by Gasteiger charge is 2.00. The van der Waals surface area contributed by atoms with Gasteiger partial charge in [-0.1, -0.05) is 42.9 Å². The smallest absolute Gasteiger partial charge is 0.0279 e. The quantitative estimate of drug-likeness (QED) is 0.519. The van der Waals surface area contributed by atoms with Crippen LogP contribution in [0.25, 0.3) is 0 Å². The molecule has 3 aliphatic rings. The second-order valence-electron chi connectivity index (χ2n) is 3.76. The van der Waals surface area contributed by atoms with Gasteiger partial charge in [-0.15, -0.1) is 0 Å². The van der Waals surface area contributed by atoms with Crippen LogP contribution >= 0.6 is 0 Å². The predicted molar refractivity (Wildman–Crippen MR) is 57.5 cm³/mol. The van der Waals surface area contributed by atoms with Crippen molar-refractivity contribution in [3.8, 4) is 0 Å². The average Bonchev–Trinajstić information content (AvgIpc) is 2.14. The van der Waals surface area contributed by atoms with Gasteiger partial charge in [-0.05, 0) is 36.8 Å². The first-order valence-electron chi connectivity index (χ1n) is 5.20. The Bertz CT molecular complexity index is 257. The van der Waals surface area contributed by atoms with Crippen LogP contribution in [-0.2, 0) is 0 Å². The highest BCUT2D eigenvalue weighted by Crippen LogP contribution is 2.19. The van der Waals surface area contributed by atoms with Crippen LogP contribution in [0.2, 0.25) is 0 Å². The molecule has 0 aromatic carbocycles. The summed E-state index contributed by atoms with van der Waals surface area (Å²) in [6, 6.07) is 0. The number of hydrogen-bond donors (Lipinski definition) is 0. The minimum Gasteiger partial charge on any atom is -0.0617 e. The predicted octanol–water partition coefficient (Wildman–Crippen LogP) is 3.93. The molecule has 0 amide bonds. The van der Waals surface area contributed by atoms with Crippen molar-refractivity contribution in [1.29, 1.82) is 0 Å². The molecule has 13 heavy (non-hydrogen) atoms. The number of fused-ring (bicyclic) bond motifs is 6. The maximum atomic E-state index is 2.24. The minimum atomic E-state index is 1.24. The fourth-order valence-electron chi connectivity index (χ4n) is 1.87. The van der Waals surface area contributed by atoms with Gasteiger partial charge in [0.25, 0.3) is 0 Å². The molecule has 0 atom stereocenters. The molecule has 3 rings (SSSR count). The van der Waals surface area contributed by atoms with E-state index < -0.39 is 0 Å². The third-order valence-corrected chi connectivity index (χ3v) is 2.67. The fourth-order valence-corrected chi connectivity index (χ4v) is 1.87. The standard InChI is InChI=1S/C13H16/c1-2-6-12-8-4-10-13(7-3-1)11-5-9-12/h4-5,8-11H,1-3,6-7H2. The van der Waals surface area contributed by atoms with Crippen molar-refractivity contribution in [3.05, 3.63) is 47.6 Å². The summed E-state index contributed by atoms with van der Waals surface area (Å²) in [5.74, 6) is 0. The highest BCUT2D eigenvalue weighted by molar-refractivity contribution is 5.35. The van der Waals surface area contributed by atoms with Crippen LogP contribution in [-0.4, -0.2) is 0 Å². The van der Waals surface area contributed by atoms with E-state index >= 15 is 0 Å². The summed E-state index contributed by atoms with van der Waals surface area (Å²) in [7, 11) is 0. The van der Waals surface area contributed by atoms with Crippen LogP contribution in [0.15, 0.2) is 47.6 Å². The third kappa shape index (κ3) is 2.45. The lowest BCUT2D eigenvalue weighted by Gasteiger charge is -2.08. The van der Waals surface area contributed by atoms with Gasteiger partial charge in [-0.25, -0.2) is 0 Å².